The van der Waals surface area contributed by atoms with Gasteiger partial charge in [-0.05, 0) is 35.9 Å². The predicted octanol–water partition coefficient (Wildman–Crippen LogP) is 3.24. The Bertz CT molecular complexity index is 877. The molecule has 0 radical (unpaired) electrons. The molecule has 3 rings (SSSR count). The fourth-order valence-corrected chi connectivity index (χ4v) is 2.17. The topological polar surface area (TPSA) is 83.1 Å². The van der Waals surface area contributed by atoms with E-state index < -0.39 is 5.97 Å². The van der Waals surface area contributed by atoms with Gasteiger partial charge < -0.3 is 5.11 Å². The third-order valence-corrected chi connectivity index (χ3v) is 3.34. The molecule has 0 aliphatic rings. The van der Waals surface area contributed by atoms with Crippen molar-refractivity contribution in [3.05, 3.63) is 64.8 Å². The Balaban J connectivity index is 1.89. The van der Waals surface area contributed by atoms with Crippen molar-refractivity contribution in [1.29, 1.82) is 0 Å². The number of hydrogen-bond acceptors (Lipinski definition) is 3. The first kappa shape index (κ1) is 13.8. The first-order valence-electron chi connectivity index (χ1n) is 6.62. The van der Waals surface area contributed by atoms with Gasteiger partial charge in [0.05, 0.1) is 16.8 Å². The second kappa shape index (κ2) is 5.65. The minimum absolute atomic E-state index is 0.253. The van der Waals surface area contributed by atoms with Crippen molar-refractivity contribution >= 4 is 35.3 Å². The SMILES string of the molecule is O=Cc1ccc2c(C=Cc3ccc(C(=O)O)cc3)n[nH]c2c1. The number of nitrogens with one attached hydrogen (secondary N) is 1. The molecule has 2 aromatic carbocycles. The third-order valence-electron chi connectivity index (χ3n) is 3.34. The van der Waals surface area contributed by atoms with Crippen LogP contribution in [-0.2, 0) is 0 Å². The van der Waals surface area contributed by atoms with Crippen molar-refractivity contribution in [1.82, 2.24) is 10.2 Å². The minimum atomic E-state index is -0.945. The monoisotopic (exact) mass is 292 g/mol. The Labute approximate surface area is 125 Å². The molecule has 1 aromatic heterocycles. The van der Waals surface area contributed by atoms with E-state index in [1.165, 1.54) is 0 Å². The molecule has 1 heterocycles. The fourth-order valence-electron chi connectivity index (χ4n) is 2.17. The summed E-state index contributed by atoms with van der Waals surface area (Å²) in [5.74, 6) is -0.945. The molecule has 0 unspecified atom stereocenters. The first-order valence-corrected chi connectivity index (χ1v) is 6.62. The molecule has 0 bridgehead atoms. The molecule has 2 N–H and O–H groups in total. The largest absolute Gasteiger partial charge is 0.478 e. The van der Waals surface area contributed by atoms with Crippen molar-refractivity contribution in [3.63, 3.8) is 0 Å². The molecule has 0 saturated carbocycles. The summed E-state index contributed by atoms with van der Waals surface area (Å²) < 4.78 is 0. The van der Waals surface area contributed by atoms with E-state index in [9.17, 15) is 9.59 Å². The van der Waals surface area contributed by atoms with Crippen molar-refractivity contribution in [2.24, 2.45) is 0 Å². The first-order chi connectivity index (χ1) is 10.7. The summed E-state index contributed by atoms with van der Waals surface area (Å²) in [7, 11) is 0. The molecule has 0 atom stereocenters. The highest BCUT2D eigenvalue weighted by Crippen LogP contribution is 2.19. The number of H-pyrrole nitrogens is 1. The molecular weight excluding hydrogens is 280 g/mol. The summed E-state index contributed by atoms with van der Waals surface area (Å²) in [6.07, 6.45) is 4.49. The highest BCUT2D eigenvalue weighted by molar-refractivity contribution is 5.93. The summed E-state index contributed by atoms with van der Waals surface area (Å²) in [4.78, 5) is 21.6. The maximum Gasteiger partial charge on any atom is 0.335 e. The average Bonchev–Trinajstić information content (AvgIpc) is 2.95. The maximum absolute atomic E-state index is 10.8. The van der Waals surface area contributed by atoms with Crippen molar-refractivity contribution in [3.8, 4) is 0 Å². The predicted molar refractivity (Wildman–Crippen MR) is 83.8 cm³/mol. The van der Waals surface area contributed by atoms with Crippen LogP contribution >= 0.6 is 0 Å². The van der Waals surface area contributed by atoms with E-state index in [1.807, 2.05) is 18.2 Å². The molecule has 0 amide bonds. The lowest BCUT2D eigenvalue weighted by atomic mass is 10.1. The molecule has 5 nitrogen and oxygen atoms in total. The van der Waals surface area contributed by atoms with Gasteiger partial charge in [-0.2, -0.15) is 5.10 Å². The lowest BCUT2D eigenvalue weighted by Crippen LogP contribution is -1.94. The number of hydrogen-bond donors (Lipinski definition) is 2. The normalized spacial score (nSPS) is 11.1. The summed E-state index contributed by atoms with van der Waals surface area (Å²) >= 11 is 0. The van der Waals surface area contributed by atoms with Gasteiger partial charge in [-0.25, -0.2) is 4.79 Å². The average molecular weight is 292 g/mol. The fraction of sp³-hybridized carbons (Fsp3) is 0. The van der Waals surface area contributed by atoms with Crippen LogP contribution in [0.5, 0.6) is 0 Å². The number of carbonyl (C=O) groups is 2. The number of benzene rings is 2. The van der Waals surface area contributed by atoms with Gasteiger partial charge in [0.2, 0.25) is 0 Å². The standard InChI is InChI=1S/C17H12N2O3/c20-10-12-3-7-14-15(18-19-16(14)9-12)8-4-11-1-5-13(6-2-11)17(21)22/h1-10H,(H,18,19)(H,21,22). The molecule has 0 saturated heterocycles. The van der Waals surface area contributed by atoms with E-state index >= 15 is 0 Å². The van der Waals surface area contributed by atoms with E-state index in [0.717, 1.165) is 28.4 Å². The van der Waals surface area contributed by atoms with E-state index in [1.54, 1.807) is 36.4 Å². The van der Waals surface area contributed by atoms with Gasteiger partial charge in [-0.15, -0.1) is 0 Å². The van der Waals surface area contributed by atoms with Crippen LogP contribution in [0, 0.1) is 0 Å². The van der Waals surface area contributed by atoms with Crippen LogP contribution in [-0.4, -0.2) is 27.6 Å². The van der Waals surface area contributed by atoms with Crippen LogP contribution in [0.3, 0.4) is 0 Å². The van der Waals surface area contributed by atoms with E-state index in [-0.39, 0.29) is 5.56 Å². The second-order valence-corrected chi connectivity index (χ2v) is 4.79. The zero-order valence-corrected chi connectivity index (χ0v) is 11.5. The van der Waals surface area contributed by atoms with E-state index in [2.05, 4.69) is 10.2 Å². The minimum Gasteiger partial charge on any atom is -0.478 e. The second-order valence-electron chi connectivity index (χ2n) is 4.79. The molecule has 3 aromatic rings. The van der Waals surface area contributed by atoms with Gasteiger partial charge >= 0.3 is 5.97 Å². The number of carboxylic acids is 1. The van der Waals surface area contributed by atoms with Crippen molar-refractivity contribution in [2.75, 3.05) is 0 Å². The van der Waals surface area contributed by atoms with Crippen LogP contribution in [0.25, 0.3) is 23.1 Å². The number of aromatic amines is 1. The molecule has 0 aliphatic heterocycles. The number of carboxylic acid groups (broad SMARTS) is 1. The molecule has 22 heavy (non-hydrogen) atoms. The summed E-state index contributed by atoms with van der Waals surface area (Å²) in [5, 5.41) is 16.9. The van der Waals surface area contributed by atoms with Crippen LogP contribution in [0.4, 0.5) is 0 Å². The number of aromatic carboxylic acids is 1. The van der Waals surface area contributed by atoms with E-state index in [4.69, 9.17) is 5.11 Å². The third kappa shape index (κ3) is 2.64. The summed E-state index contributed by atoms with van der Waals surface area (Å²) in [6.45, 7) is 0. The van der Waals surface area contributed by atoms with Gasteiger partial charge in [-0.1, -0.05) is 24.3 Å². The zero-order chi connectivity index (χ0) is 15.5. The van der Waals surface area contributed by atoms with Crippen LogP contribution in [0.2, 0.25) is 0 Å². The Morgan fingerprint density at radius 2 is 1.77 bits per heavy atom. The number of fused-ring (bicyclic) bond motifs is 1. The lowest BCUT2D eigenvalue weighted by molar-refractivity contribution is 0.0696. The summed E-state index contributed by atoms with van der Waals surface area (Å²) in [6, 6.07) is 11.9. The Kier molecular flexibility index (Phi) is 3.53. The maximum atomic E-state index is 10.8. The number of aldehydes is 1. The number of aromatic nitrogens is 2. The summed E-state index contributed by atoms with van der Waals surface area (Å²) in [5.41, 5.74) is 3.28. The highest BCUT2D eigenvalue weighted by atomic mass is 16.4. The molecule has 5 heteroatoms. The van der Waals surface area contributed by atoms with Gasteiger partial charge in [-0.3, -0.25) is 9.89 Å². The quantitative estimate of drug-likeness (QED) is 0.723. The molecule has 0 spiro atoms. The smallest absolute Gasteiger partial charge is 0.335 e. The number of rotatable bonds is 4. The van der Waals surface area contributed by atoms with Crippen LogP contribution < -0.4 is 0 Å². The lowest BCUT2D eigenvalue weighted by Gasteiger charge is -1.96. The van der Waals surface area contributed by atoms with Crippen molar-refractivity contribution in [2.45, 2.75) is 0 Å². The Morgan fingerprint density at radius 1 is 1.05 bits per heavy atom. The van der Waals surface area contributed by atoms with Crippen LogP contribution in [0.1, 0.15) is 32.0 Å². The highest BCUT2D eigenvalue weighted by Gasteiger charge is 2.04. The van der Waals surface area contributed by atoms with Gasteiger partial charge in [0.1, 0.15) is 6.29 Å². The molecule has 108 valence electrons. The number of nitrogens with zero attached hydrogens (tertiary/aromatic N) is 1. The Morgan fingerprint density at radius 3 is 2.45 bits per heavy atom. The molecule has 0 aliphatic carbocycles. The molecular formula is C17H12N2O3. The van der Waals surface area contributed by atoms with Gasteiger partial charge in [0.25, 0.3) is 0 Å². The molecule has 0 fully saturated rings. The zero-order valence-electron chi connectivity index (χ0n) is 11.5. The van der Waals surface area contributed by atoms with Crippen LogP contribution in [0.15, 0.2) is 42.5 Å². The van der Waals surface area contributed by atoms with Gasteiger partial charge in [0, 0.05) is 10.9 Å². The number of carbonyl (C=O) groups excluding carboxylic acids is 1. The van der Waals surface area contributed by atoms with E-state index in [0.29, 0.717) is 5.56 Å². The van der Waals surface area contributed by atoms with Crippen molar-refractivity contribution < 1.29 is 14.7 Å². The Hall–Kier alpha value is -3.21. The van der Waals surface area contributed by atoms with Gasteiger partial charge in [0.15, 0.2) is 0 Å².